The molecule has 4 atom stereocenters. The lowest BCUT2D eigenvalue weighted by Crippen LogP contribution is -2.40. The number of methoxy groups -OCH3 is 1. The Kier molecular flexibility index (Phi) is 3.61. The standard InChI is InChI=1S/C11H21NO3/c1-15-9-4-2-3-8(5-9)12-6-10(13)11(14)7-12/h8-11,13-14H,2-7H2,1H3. The molecule has 2 aliphatic rings. The van der Waals surface area contributed by atoms with Crippen LogP contribution in [0, 0.1) is 0 Å². The van der Waals surface area contributed by atoms with Gasteiger partial charge in [0.15, 0.2) is 0 Å². The summed E-state index contributed by atoms with van der Waals surface area (Å²) in [7, 11) is 1.76. The summed E-state index contributed by atoms with van der Waals surface area (Å²) in [6.45, 7) is 1.23. The predicted molar refractivity (Wildman–Crippen MR) is 56.6 cm³/mol. The van der Waals surface area contributed by atoms with E-state index in [1.165, 1.54) is 12.8 Å². The molecule has 0 aromatic heterocycles. The molecule has 4 nitrogen and oxygen atoms in total. The number of nitrogens with zero attached hydrogens (tertiary/aromatic N) is 1. The minimum absolute atomic E-state index is 0.360. The second kappa shape index (κ2) is 4.78. The highest BCUT2D eigenvalue weighted by atomic mass is 16.5. The van der Waals surface area contributed by atoms with Gasteiger partial charge in [0, 0.05) is 26.2 Å². The second-order valence-electron chi connectivity index (χ2n) is 4.77. The Bertz CT molecular complexity index is 202. The fraction of sp³-hybridized carbons (Fsp3) is 1.00. The molecule has 4 heteroatoms. The van der Waals surface area contributed by atoms with Gasteiger partial charge in [-0.2, -0.15) is 0 Å². The Hall–Kier alpha value is -0.160. The van der Waals surface area contributed by atoms with Crippen LogP contribution in [0.2, 0.25) is 0 Å². The summed E-state index contributed by atoms with van der Waals surface area (Å²) >= 11 is 0. The van der Waals surface area contributed by atoms with Gasteiger partial charge in [-0.25, -0.2) is 0 Å². The van der Waals surface area contributed by atoms with E-state index in [1.807, 2.05) is 0 Å². The molecule has 2 rings (SSSR count). The van der Waals surface area contributed by atoms with Gasteiger partial charge in [-0.05, 0) is 25.7 Å². The summed E-state index contributed by atoms with van der Waals surface area (Å²) in [5.41, 5.74) is 0. The van der Waals surface area contributed by atoms with E-state index in [0.29, 0.717) is 25.2 Å². The van der Waals surface area contributed by atoms with Crippen LogP contribution in [-0.2, 0) is 4.74 Å². The molecule has 0 aromatic rings. The molecule has 2 N–H and O–H groups in total. The van der Waals surface area contributed by atoms with Crippen molar-refractivity contribution in [3.63, 3.8) is 0 Å². The molecule has 1 aliphatic carbocycles. The largest absolute Gasteiger partial charge is 0.389 e. The summed E-state index contributed by atoms with van der Waals surface area (Å²) in [5.74, 6) is 0. The molecular weight excluding hydrogens is 194 g/mol. The number of hydrogen-bond donors (Lipinski definition) is 2. The lowest BCUT2D eigenvalue weighted by atomic mass is 9.92. The maximum Gasteiger partial charge on any atom is 0.0938 e. The third-order valence-corrected chi connectivity index (χ3v) is 3.74. The number of rotatable bonds is 2. The van der Waals surface area contributed by atoms with Crippen LogP contribution in [0.1, 0.15) is 25.7 Å². The average molecular weight is 215 g/mol. The number of aliphatic hydroxyl groups excluding tert-OH is 2. The number of β-amino-alcohol motifs (C(OH)–C–C–N with tert-alkyl or cyclic N) is 2. The van der Waals surface area contributed by atoms with Crippen molar-refractivity contribution in [3.8, 4) is 0 Å². The van der Waals surface area contributed by atoms with Gasteiger partial charge < -0.3 is 14.9 Å². The van der Waals surface area contributed by atoms with Gasteiger partial charge in [-0.3, -0.25) is 4.90 Å². The summed E-state index contributed by atoms with van der Waals surface area (Å²) < 4.78 is 5.38. The van der Waals surface area contributed by atoms with Gasteiger partial charge >= 0.3 is 0 Å². The van der Waals surface area contributed by atoms with Crippen LogP contribution in [0.4, 0.5) is 0 Å². The summed E-state index contributed by atoms with van der Waals surface area (Å²) in [4.78, 5) is 2.21. The third-order valence-electron chi connectivity index (χ3n) is 3.74. The van der Waals surface area contributed by atoms with Crippen LogP contribution < -0.4 is 0 Å². The molecule has 2 fully saturated rings. The first-order chi connectivity index (χ1) is 7.20. The lowest BCUT2D eigenvalue weighted by molar-refractivity contribution is 0.0304. The molecule has 0 bridgehead atoms. The van der Waals surface area contributed by atoms with E-state index in [0.717, 1.165) is 12.8 Å². The fourth-order valence-corrected chi connectivity index (χ4v) is 2.76. The van der Waals surface area contributed by atoms with Crippen LogP contribution in [0.15, 0.2) is 0 Å². The molecule has 0 spiro atoms. The Morgan fingerprint density at radius 3 is 2.40 bits per heavy atom. The molecule has 1 aliphatic heterocycles. The van der Waals surface area contributed by atoms with E-state index in [4.69, 9.17) is 4.74 Å². The van der Waals surface area contributed by atoms with E-state index >= 15 is 0 Å². The topological polar surface area (TPSA) is 52.9 Å². The first-order valence-electron chi connectivity index (χ1n) is 5.83. The van der Waals surface area contributed by atoms with Gasteiger partial charge in [0.05, 0.1) is 18.3 Å². The Balaban J connectivity index is 1.88. The SMILES string of the molecule is COC1CCCC(N2CC(O)C(O)C2)C1. The predicted octanol–water partition coefficient (Wildman–Crippen LogP) is -0.0186. The summed E-state index contributed by atoms with van der Waals surface area (Å²) in [5, 5.41) is 19.0. The molecule has 4 unspecified atom stereocenters. The second-order valence-corrected chi connectivity index (χ2v) is 4.77. The first-order valence-corrected chi connectivity index (χ1v) is 5.83. The molecule has 1 saturated carbocycles. The Morgan fingerprint density at radius 1 is 1.13 bits per heavy atom. The van der Waals surface area contributed by atoms with Crippen molar-refractivity contribution in [1.82, 2.24) is 4.90 Å². The van der Waals surface area contributed by atoms with Crippen molar-refractivity contribution in [2.24, 2.45) is 0 Å². The number of ether oxygens (including phenoxy) is 1. The van der Waals surface area contributed by atoms with Crippen molar-refractivity contribution in [3.05, 3.63) is 0 Å². The van der Waals surface area contributed by atoms with E-state index in [1.54, 1.807) is 7.11 Å². The zero-order valence-corrected chi connectivity index (χ0v) is 9.30. The smallest absolute Gasteiger partial charge is 0.0938 e. The van der Waals surface area contributed by atoms with E-state index in [-0.39, 0.29) is 0 Å². The number of aliphatic hydroxyl groups is 2. The first kappa shape index (κ1) is 11.3. The molecule has 1 heterocycles. The molecule has 1 saturated heterocycles. The van der Waals surface area contributed by atoms with Crippen LogP contribution in [0.25, 0.3) is 0 Å². The van der Waals surface area contributed by atoms with Gasteiger partial charge in [-0.1, -0.05) is 0 Å². The van der Waals surface area contributed by atoms with Crippen LogP contribution >= 0.6 is 0 Å². The summed E-state index contributed by atoms with van der Waals surface area (Å²) in [6, 6.07) is 0.482. The van der Waals surface area contributed by atoms with Gasteiger partial charge in [0.1, 0.15) is 0 Å². The highest BCUT2D eigenvalue weighted by molar-refractivity contribution is 4.90. The molecule has 0 aromatic carbocycles. The minimum Gasteiger partial charge on any atom is -0.389 e. The Labute approximate surface area is 90.8 Å². The van der Waals surface area contributed by atoms with Crippen LogP contribution in [0.5, 0.6) is 0 Å². The highest BCUT2D eigenvalue weighted by Crippen LogP contribution is 2.27. The van der Waals surface area contributed by atoms with Crippen molar-refractivity contribution >= 4 is 0 Å². The summed E-state index contributed by atoms with van der Waals surface area (Å²) in [6.07, 6.45) is 3.77. The van der Waals surface area contributed by atoms with Gasteiger partial charge in [-0.15, -0.1) is 0 Å². The maximum absolute atomic E-state index is 9.50. The van der Waals surface area contributed by atoms with E-state index < -0.39 is 12.2 Å². The Morgan fingerprint density at radius 2 is 1.80 bits per heavy atom. The van der Waals surface area contributed by atoms with Crippen molar-refractivity contribution in [2.45, 2.75) is 50.0 Å². The zero-order chi connectivity index (χ0) is 10.8. The average Bonchev–Trinajstić information content (AvgIpc) is 2.59. The quantitative estimate of drug-likeness (QED) is 0.680. The highest BCUT2D eigenvalue weighted by Gasteiger charge is 2.35. The molecule has 0 radical (unpaired) electrons. The molecule has 15 heavy (non-hydrogen) atoms. The minimum atomic E-state index is -0.562. The lowest BCUT2D eigenvalue weighted by Gasteiger charge is -2.34. The molecular formula is C11H21NO3. The van der Waals surface area contributed by atoms with Gasteiger partial charge in [0.2, 0.25) is 0 Å². The maximum atomic E-state index is 9.50. The van der Waals surface area contributed by atoms with Crippen molar-refractivity contribution in [2.75, 3.05) is 20.2 Å². The van der Waals surface area contributed by atoms with Crippen molar-refractivity contribution < 1.29 is 14.9 Å². The van der Waals surface area contributed by atoms with E-state index in [9.17, 15) is 10.2 Å². The third kappa shape index (κ3) is 2.50. The number of hydrogen-bond acceptors (Lipinski definition) is 4. The monoisotopic (exact) mass is 215 g/mol. The van der Waals surface area contributed by atoms with Crippen molar-refractivity contribution in [1.29, 1.82) is 0 Å². The van der Waals surface area contributed by atoms with E-state index in [2.05, 4.69) is 4.90 Å². The molecule has 0 amide bonds. The zero-order valence-electron chi connectivity index (χ0n) is 9.30. The van der Waals surface area contributed by atoms with Gasteiger partial charge in [0.25, 0.3) is 0 Å². The molecule has 88 valence electrons. The fourth-order valence-electron chi connectivity index (χ4n) is 2.76. The van der Waals surface area contributed by atoms with Crippen LogP contribution in [0.3, 0.4) is 0 Å². The van der Waals surface area contributed by atoms with Crippen LogP contribution in [-0.4, -0.2) is 59.7 Å². The normalized spacial score (nSPS) is 43.4. The number of likely N-dealkylation sites (tertiary alicyclic amines) is 1.